The predicted molar refractivity (Wildman–Crippen MR) is 114 cm³/mol. The van der Waals surface area contributed by atoms with Gasteiger partial charge in [-0.3, -0.25) is 19.1 Å². The zero-order valence-corrected chi connectivity index (χ0v) is 19.5. The quantitative estimate of drug-likeness (QED) is 0.294. The molecule has 0 N–H and O–H groups in total. The molecule has 2 amide bonds. The maximum absolute atomic E-state index is 13.3. The molecular formula is C20H32NO5PSi. The average molecular weight is 426 g/mol. The fraction of sp³-hybridized carbons (Fsp3) is 0.600. The van der Waals surface area contributed by atoms with E-state index in [0.29, 0.717) is 23.9 Å². The highest BCUT2D eigenvalue weighted by Gasteiger charge is 2.39. The Kier molecular flexibility index (Phi) is 7.79. The van der Waals surface area contributed by atoms with E-state index in [1.54, 1.807) is 24.3 Å². The van der Waals surface area contributed by atoms with Gasteiger partial charge in [-0.05, 0) is 45.1 Å². The summed E-state index contributed by atoms with van der Waals surface area (Å²) in [5.74, 6) is -0.630. The van der Waals surface area contributed by atoms with E-state index in [4.69, 9.17) is 8.95 Å². The highest BCUT2D eigenvalue weighted by molar-refractivity contribution is 7.59. The first-order chi connectivity index (χ1) is 13.1. The monoisotopic (exact) mass is 425 g/mol. The van der Waals surface area contributed by atoms with Crippen molar-refractivity contribution in [1.82, 2.24) is 4.90 Å². The van der Waals surface area contributed by atoms with Crippen LogP contribution in [0.2, 0.25) is 19.6 Å². The van der Waals surface area contributed by atoms with Gasteiger partial charge >= 0.3 is 0 Å². The first kappa shape index (κ1) is 23.0. The molecule has 0 radical (unpaired) electrons. The Morgan fingerprint density at radius 1 is 1.07 bits per heavy atom. The topological polar surface area (TPSA) is 72.9 Å². The summed E-state index contributed by atoms with van der Waals surface area (Å²) in [4.78, 5) is 26.7. The second-order valence-electron chi connectivity index (χ2n) is 8.11. The zero-order chi connectivity index (χ0) is 20.9. The van der Waals surface area contributed by atoms with E-state index in [2.05, 4.69) is 0 Å². The number of hydrogen-bond donors (Lipinski definition) is 0. The molecule has 28 heavy (non-hydrogen) atoms. The van der Waals surface area contributed by atoms with Gasteiger partial charge < -0.3 is 8.95 Å². The summed E-state index contributed by atoms with van der Waals surface area (Å²) in [5.41, 5.74) is 0.830. The van der Waals surface area contributed by atoms with E-state index >= 15 is 0 Å². The van der Waals surface area contributed by atoms with Gasteiger partial charge in [-0.15, -0.1) is 0 Å². The number of fused-ring (bicyclic) bond motifs is 1. The van der Waals surface area contributed by atoms with Crippen molar-refractivity contribution in [3.63, 3.8) is 0 Å². The maximum atomic E-state index is 13.3. The predicted octanol–water partition coefficient (Wildman–Crippen LogP) is 4.62. The van der Waals surface area contributed by atoms with E-state index in [1.807, 2.05) is 33.5 Å². The first-order valence-electron chi connectivity index (χ1n) is 9.96. The highest BCUT2D eigenvalue weighted by atomic mass is 31.2. The van der Waals surface area contributed by atoms with Gasteiger partial charge in [0, 0.05) is 6.16 Å². The molecule has 1 aromatic carbocycles. The molecule has 156 valence electrons. The number of carbonyl (C=O) groups is 2. The number of amides is 2. The van der Waals surface area contributed by atoms with Crippen LogP contribution in [0.1, 0.15) is 47.4 Å². The van der Waals surface area contributed by atoms with E-state index < -0.39 is 21.8 Å². The summed E-state index contributed by atoms with van der Waals surface area (Å²) in [7, 11) is -4.90. The number of nitrogens with zero attached hydrogens (tertiary/aromatic N) is 1. The third-order valence-corrected chi connectivity index (χ3v) is 8.21. The molecule has 2 rings (SSSR count). The van der Waals surface area contributed by atoms with Gasteiger partial charge in [0.2, 0.25) is 7.37 Å². The van der Waals surface area contributed by atoms with Gasteiger partial charge in [0.25, 0.3) is 11.8 Å². The van der Waals surface area contributed by atoms with Crippen LogP contribution in [0.3, 0.4) is 0 Å². The maximum Gasteiger partial charge on any atom is 0.261 e. The molecule has 8 heteroatoms. The van der Waals surface area contributed by atoms with Gasteiger partial charge in [-0.2, -0.15) is 0 Å². The van der Waals surface area contributed by atoms with Crippen LogP contribution in [0.25, 0.3) is 0 Å². The minimum absolute atomic E-state index is 0.0970. The smallest absolute Gasteiger partial charge is 0.261 e. The Labute approximate surface area is 169 Å². The molecule has 0 aromatic heterocycles. The molecule has 0 saturated heterocycles. The number of carbonyl (C=O) groups excluding carboxylic acids is 2. The van der Waals surface area contributed by atoms with Crippen LogP contribution in [-0.4, -0.2) is 56.6 Å². The minimum atomic E-state index is -2.90. The van der Waals surface area contributed by atoms with Gasteiger partial charge in [-0.25, -0.2) is 0 Å². The van der Waals surface area contributed by atoms with Gasteiger partial charge in [0.15, 0.2) is 8.32 Å². The number of benzene rings is 1. The van der Waals surface area contributed by atoms with Crippen LogP contribution in [0.5, 0.6) is 0 Å². The van der Waals surface area contributed by atoms with Gasteiger partial charge in [0.05, 0.1) is 36.5 Å². The third kappa shape index (κ3) is 5.86. The lowest BCUT2D eigenvalue weighted by molar-refractivity contribution is 0.0577. The van der Waals surface area contributed by atoms with Crippen molar-refractivity contribution < 1.29 is 23.1 Å². The van der Waals surface area contributed by atoms with Crippen molar-refractivity contribution in [3.8, 4) is 0 Å². The molecule has 0 bridgehead atoms. The molecule has 2 atom stereocenters. The average Bonchev–Trinajstić information content (AvgIpc) is 2.84. The summed E-state index contributed by atoms with van der Waals surface area (Å²) in [5, 5.41) is 0. The fourth-order valence-corrected chi connectivity index (χ4v) is 7.19. The summed E-state index contributed by atoms with van der Waals surface area (Å²) >= 11 is 0. The lowest BCUT2D eigenvalue weighted by atomic mass is 10.1. The van der Waals surface area contributed by atoms with Gasteiger partial charge in [-0.1, -0.05) is 25.5 Å². The van der Waals surface area contributed by atoms with Crippen LogP contribution < -0.4 is 0 Å². The number of hydrogen-bond acceptors (Lipinski definition) is 5. The van der Waals surface area contributed by atoms with E-state index in [9.17, 15) is 14.2 Å². The fourth-order valence-electron chi connectivity index (χ4n) is 3.39. The standard InChI is InChI=1S/C20H32NO5PSi/c1-6-8-13-27(24,25-7-2)15-16(26-28(3,4)5)14-21-19(22)17-11-9-10-12-18(17)20(21)23/h9-12,16H,6-8,13-15H2,1-5H3. The third-order valence-electron chi connectivity index (χ3n) is 4.48. The van der Waals surface area contributed by atoms with E-state index in [-0.39, 0.29) is 24.5 Å². The van der Waals surface area contributed by atoms with E-state index in [1.165, 1.54) is 4.90 Å². The Hall–Kier alpha value is -1.27. The molecule has 0 saturated carbocycles. The molecule has 0 aliphatic carbocycles. The van der Waals surface area contributed by atoms with Crippen LogP contribution in [0, 0.1) is 0 Å². The summed E-state index contributed by atoms with van der Waals surface area (Å²) < 4.78 is 25.3. The van der Waals surface area contributed by atoms with Crippen molar-refractivity contribution in [3.05, 3.63) is 35.4 Å². The van der Waals surface area contributed by atoms with Crippen LogP contribution in [0.4, 0.5) is 0 Å². The van der Waals surface area contributed by atoms with Crippen molar-refractivity contribution in [2.75, 3.05) is 25.5 Å². The number of imide groups is 1. The Bertz CT molecular complexity index is 726. The van der Waals surface area contributed by atoms with Crippen LogP contribution >= 0.6 is 7.37 Å². The van der Waals surface area contributed by atoms with Gasteiger partial charge in [0.1, 0.15) is 0 Å². The molecular weight excluding hydrogens is 393 g/mol. The van der Waals surface area contributed by atoms with Crippen molar-refractivity contribution >= 4 is 27.5 Å². The molecule has 0 fully saturated rings. The minimum Gasteiger partial charge on any atom is -0.412 e. The zero-order valence-electron chi connectivity index (χ0n) is 17.6. The molecule has 0 spiro atoms. The molecule has 2 unspecified atom stereocenters. The molecule has 1 aliphatic rings. The summed E-state index contributed by atoms with van der Waals surface area (Å²) in [6.45, 7) is 10.5. The van der Waals surface area contributed by atoms with Crippen LogP contribution in [0.15, 0.2) is 24.3 Å². The molecule has 1 heterocycles. The Morgan fingerprint density at radius 3 is 2.11 bits per heavy atom. The largest absolute Gasteiger partial charge is 0.412 e. The second-order valence-corrected chi connectivity index (χ2v) is 15.3. The normalized spacial score (nSPS) is 17.5. The van der Waals surface area contributed by atoms with Crippen molar-refractivity contribution in [1.29, 1.82) is 0 Å². The van der Waals surface area contributed by atoms with Crippen molar-refractivity contribution in [2.45, 2.75) is 52.4 Å². The second kappa shape index (κ2) is 9.48. The Morgan fingerprint density at radius 2 is 1.64 bits per heavy atom. The first-order valence-corrected chi connectivity index (χ1v) is 15.4. The lowest BCUT2D eigenvalue weighted by Gasteiger charge is -2.31. The summed E-state index contributed by atoms with van der Waals surface area (Å²) in [6.07, 6.45) is 1.95. The summed E-state index contributed by atoms with van der Waals surface area (Å²) in [6, 6.07) is 6.82. The molecule has 6 nitrogen and oxygen atoms in total. The van der Waals surface area contributed by atoms with Crippen molar-refractivity contribution in [2.24, 2.45) is 0 Å². The van der Waals surface area contributed by atoms with Crippen LogP contribution in [-0.2, 0) is 13.5 Å². The number of unbranched alkanes of at least 4 members (excludes halogenated alkanes) is 1. The molecule has 1 aromatic rings. The molecule has 1 aliphatic heterocycles. The number of rotatable bonds is 11. The Balaban J connectivity index is 2.23. The van der Waals surface area contributed by atoms with E-state index in [0.717, 1.165) is 12.8 Å². The highest BCUT2D eigenvalue weighted by Crippen LogP contribution is 2.49. The lowest BCUT2D eigenvalue weighted by Crippen LogP contribution is -2.44. The SMILES string of the molecule is CCCCP(=O)(CC(CN1C(=O)c2ccccc2C1=O)O[Si](C)(C)C)OCC.